The van der Waals surface area contributed by atoms with E-state index in [0.717, 1.165) is 12.1 Å². The molecule has 0 unspecified atom stereocenters. The summed E-state index contributed by atoms with van der Waals surface area (Å²) in [6.07, 6.45) is 0. The summed E-state index contributed by atoms with van der Waals surface area (Å²) in [4.78, 5) is 9.65. The maximum atomic E-state index is 11.2. The molecule has 0 heterocycles. The summed E-state index contributed by atoms with van der Waals surface area (Å²) in [6, 6.07) is 1.90. The van der Waals surface area contributed by atoms with Crippen molar-refractivity contribution in [2.75, 3.05) is 13.2 Å². The Labute approximate surface area is 113 Å². The van der Waals surface area contributed by atoms with Crippen LogP contribution in [0.4, 0.5) is 0 Å². The van der Waals surface area contributed by atoms with Crippen LogP contribution in [0.15, 0.2) is 0 Å². The van der Waals surface area contributed by atoms with Crippen LogP contribution in [0.3, 0.4) is 0 Å². The molecule has 0 spiro atoms. The third-order valence-electron chi connectivity index (χ3n) is 2.10. The molecule has 0 aromatic heterocycles. The first-order valence-electron chi connectivity index (χ1n) is 6.17. The van der Waals surface area contributed by atoms with Gasteiger partial charge in [-0.05, 0) is 12.1 Å². The molecule has 0 atom stereocenters. The van der Waals surface area contributed by atoms with Gasteiger partial charge < -0.3 is 0 Å². The van der Waals surface area contributed by atoms with Crippen LogP contribution < -0.4 is 0 Å². The highest BCUT2D eigenvalue weighted by molar-refractivity contribution is 7.32. The lowest BCUT2D eigenvalue weighted by atomic mass is 10.9. The van der Waals surface area contributed by atoms with Gasteiger partial charge in [0.1, 0.15) is 0 Å². The van der Waals surface area contributed by atoms with Gasteiger partial charge in [0, 0.05) is 16.1 Å². The normalized spacial score (nSPS) is 12.8. The minimum Gasteiger partial charge on any atom is -0.224 e. The highest BCUT2D eigenvalue weighted by Crippen LogP contribution is 2.25. The average molecular weight is 313 g/mol. The molecule has 109 valence electrons. The zero-order valence-corrected chi connectivity index (χ0v) is 15.2. The van der Waals surface area contributed by atoms with Gasteiger partial charge in [-0.1, -0.05) is 39.3 Å². The van der Waals surface area contributed by atoms with Gasteiger partial charge in [0.25, 0.3) is 0 Å². The summed E-state index contributed by atoms with van der Waals surface area (Å²) < 4.78 is 20.3. The summed E-state index contributed by atoms with van der Waals surface area (Å²) in [7, 11) is -4.64. The fraction of sp³-hybridized carbons (Fsp3) is 1.00. The molecule has 0 saturated heterocycles. The van der Waals surface area contributed by atoms with Crippen molar-refractivity contribution in [1.29, 1.82) is 0 Å². The second-order valence-electron chi connectivity index (χ2n) is 6.64. The molecule has 0 rings (SSSR count). The van der Waals surface area contributed by atoms with Crippen LogP contribution in [-0.4, -0.2) is 29.4 Å². The minimum absolute atomic E-state index is 0.440. The predicted octanol–water partition coefficient (Wildman–Crippen LogP) is 4.22. The summed E-state index contributed by atoms with van der Waals surface area (Å²) in [5, 5.41) is 0. The fourth-order valence-corrected chi connectivity index (χ4v) is 2.61. The maximum absolute atomic E-state index is 11.2. The van der Waals surface area contributed by atoms with Gasteiger partial charge in [-0.3, -0.25) is 0 Å². The first-order chi connectivity index (χ1) is 8.10. The van der Waals surface area contributed by atoms with Crippen LogP contribution in [0.1, 0.15) is 0 Å². The van der Waals surface area contributed by atoms with E-state index in [4.69, 9.17) is 9.78 Å². The average Bonchev–Trinajstić information content (AvgIpc) is 2.17. The van der Waals surface area contributed by atoms with E-state index < -0.39 is 24.4 Å². The zero-order valence-electron chi connectivity index (χ0n) is 12.3. The molecule has 0 amide bonds. The zero-order chi connectivity index (χ0) is 14.2. The Hall–Kier alpha value is 0.374. The van der Waals surface area contributed by atoms with Gasteiger partial charge >= 0.3 is 8.25 Å². The molecule has 0 N–H and O–H groups in total. The first-order valence-corrected chi connectivity index (χ1v) is 14.7. The van der Waals surface area contributed by atoms with Crippen LogP contribution in [0.5, 0.6) is 0 Å². The molecule has 0 saturated carbocycles. The van der Waals surface area contributed by atoms with E-state index in [1.807, 2.05) is 0 Å². The van der Waals surface area contributed by atoms with E-state index >= 15 is 0 Å². The predicted molar refractivity (Wildman–Crippen MR) is 78.0 cm³/mol. The molecule has 0 aliphatic carbocycles. The summed E-state index contributed by atoms with van der Waals surface area (Å²) in [6.45, 7) is 14.3. The Bertz CT molecular complexity index is 226. The number of hydrogen-bond donors (Lipinski definition) is 0. The Morgan fingerprint density at radius 2 is 1.11 bits per heavy atom. The van der Waals surface area contributed by atoms with Crippen molar-refractivity contribution in [1.82, 2.24) is 0 Å². The van der Waals surface area contributed by atoms with Gasteiger partial charge in [-0.25, -0.2) is 14.3 Å². The van der Waals surface area contributed by atoms with E-state index in [1.165, 1.54) is 0 Å². The van der Waals surface area contributed by atoms with E-state index in [1.54, 1.807) is 0 Å². The lowest BCUT2D eigenvalue weighted by Gasteiger charge is -2.14. The van der Waals surface area contributed by atoms with Crippen LogP contribution in [0.2, 0.25) is 51.4 Å². The van der Waals surface area contributed by atoms with E-state index in [9.17, 15) is 4.57 Å². The van der Waals surface area contributed by atoms with Crippen LogP contribution in [0.25, 0.3) is 0 Å². The monoisotopic (exact) mass is 313 g/mol. The first kappa shape index (κ1) is 18.4. The molecule has 0 aromatic rings. The van der Waals surface area contributed by atoms with Crippen molar-refractivity contribution in [3.05, 3.63) is 0 Å². The number of hydrogen-bond acceptors (Lipinski definition) is 5. The molecule has 0 aliphatic heterocycles. The largest absolute Gasteiger partial charge is 0.427 e. The molecule has 0 aliphatic rings. The minimum atomic E-state index is -2.34. The molecule has 8 heteroatoms. The third kappa shape index (κ3) is 14.4. The third-order valence-corrected chi connectivity index (χ3v) is 5.96. The quantitative estimate of drug-likeness (QED) is 0.199. The molecular formula is C10H26O5PSi2. The highest BCUT2D eigenvalue weighted by atomic mass is 31.1. The van der Waals surface area contributed by atoms with Crippen LogP contribution >= 0.6 is 8.25 Å². The standard InChI is InChI=1S/C10H26O5PSi2/c1-17(2,3)9-7-12-14-16(11)15-13-8-10-18(4,5)6/h7-10H2,1-6H3. The SMILES string of the molecule is C[Si](C)(C)CCOO[P](=O)OOCC[Si](C)(C)C. The Morgan fingerprint density at radius 1 is 0.778 bits per heavy atom. The van der Waals surface area contributed by atoms with Gasteiger partial charge in [0.05, 0.1) is 13.2 Å². The number of rotatable bonds is 10. The fourth-order valence-electron chi connectivity index (χ4n) is 0.869. The molecule has 0 fully saturated rings. The molecule has 0 bridgehead atoms. The second kappa shape index (κ2) is 8.53. The molecular weight excluding hydrogens is 287 g/mol. The second-order valence-corrected chi connectivity index (χ2v) is 18.6. The molecule has 18 heavy (non-hydrogen) atoms. The maximum Gasteiger partial charge on any atom is 0.427 e. The Balaban J connectivity index is 3.44. The highest BCUT2D eigenvalue weighted by Gasteiger charge is 2.15. The summed E-state index contributed by atoms with van der Waals surface area (Å²) in [5.41, 5.74) is 0. The van der Waals surface area contributed by atoms with Crippen LogP contribution in [0, 0.1) is 0 Å². The lowest BCUT2D eigenvalue weighted by molar-refractivity contribution is -0.255. The Kier molecular flexibility index (Phi) is 8.70. The van der Waals surface area contributed by atoms with E-state index in [2.05, 4.69) is 48.6 Å². The van der Waals surface area contributed by atoms with E-state index in [0.29, 0.717) is 13.2 Å². The smallest absolute Gasteiger partial charge is 0.224 e. The Morgan fingerprint density at radius 3 is 1.39 bits per heavy atom. The van der Waals surface area contributed by atoms with Crippen molar-refractivity contribution < 1.29 is 23.7 Å². The molecule has 0 aromatic carbocycles. The van der Waals surface area contributed by atoms with Crippen LogP contribution in [-0.2, 0) is 23.7 Å². The molecule has 5 nitrogen and oxygen atoms in total. The van der Waals surface area contributed by atoms with Crippen molar-refractivity contribution in [3.8, 4) is 0 Å². The summed E-state index contributed by atoms with van der Waals surface area (Å²) >= 11 is 0. The van der Waals surface area contributed by atoms with Crippen molar-refractivity contribution >= 4 is 24.4 Å². The van der Waals surface area contributed by atoms with Gasteiger partial charge in [-0.15, -0.1) is 9.35 Å². The van der Waals surface area contributed by atoms with Gasteiger partial charge in [-0.2, -0.15) is 0 Å². The van der Waals surface area contributed by atoms with Crippen molar-refractivity contribution in [2.24, 2.45) is 0 Å². The lowest BCUT2D eigenvalue weighted by Crippen LogP contribution is -2.21. The molecule has 1 radical (unpaired) electrons. The summed E-state index contributed by atoms with van der Waals surface area (Å²) in [5.74, 6) is 0. The van der Waals surface area contributed by atoms with Crippen molar-refractivity contribution in [3.63, 3.8) is 0 Å². The topological polar surface area (TPSA) is 54.0 Å². The van der Waals surface area contributed by atoms with Crippen molar-refractivity contribution in [2.45, 2.75) is 51.4 Å². The van der Waals surface area contributed by atoms with Gasteiger partial charge in [0.2, 0.25) is 0 Å². The van der Waals surface area contributed by atoms with E-state index in [-0.39, 0.29) is 0 Å². The van der Waals surface area contributed by atoms with Gasteiger partial charge in [0.15, 0.2) is 0 Å².